The number of nitrogens with zero attached hydrogens (tertiary/aromatic N) is 3. The molecule has 0 bridgehead atoms. The number of alkyl halides is 3. The zero-order valence-corrected chi connectivity index (χ0v) is 9.71. The first kappa shape index (κ1) is 11.9. The molecule has 2 rings (SSSR count). The van der Waals surface area contributed by atoms with Crippen molar-refractivity contribution in [1.29, 1.82) is 0 Å². The molecule has 3 nitrogen and oxygen atoms in total. The predicted octanol–water partition coefficient (Wildman–Crippen LogP) is 3.18. The van der Waals surface area contributed by atoms with Gasteiger partial charge in [0.05, 0.1) is 0 Å². The van der Waals surface area contributed by atoms with Crippen molar-refractivity contribution >= 4 is 5.65 Å². The van der Waals surface area contributed by atoms with Gasteiger partial charge in [-0.25, -0.2) is 9.50 Å². The molecule has 0 saturated carbocycles. The van der Waals surface area contributed by atoms with Crippen molar-refractivity contribution in [2.45, 2.75) is 32.9 Å². The Morgan fingerprint density at radius 2 is 1.88 bits per heavy atom. The number of rotatable bonds is 1. The topological polar surface area (TPSA) is 30.2 Å². The minimum Gasteiger partial charge on any atom is -0.234 e. The molecule has 0 spiro atoms. The summed E-state index contributed by atoms with van der Waals surface area (Å²) in [5, 5.41) is 3.58. The van der Waals surface area contributed by atoms with Crippen LogP contribution in [0.2, 0.25) is 0 Å². The Hall–Kier alpha value is -1.59. The number of hydrogen-bond donors (Lipinski definition) is 0. The van der Waals surface area contributed by atoms with Crippen molar-refractivity contribution in [3.63, 3.8) is 0 Å². The van der Waals surface area contributed by atoms with Gasteiger partial charge in [0.1, 0.15) is 0 Å². The molecule has 0 fully saturated rings. The third kappa shape index (κ3) is 2.11. The molecule has 92 valence electrons. The van der Waals surface area contributed by atoms with Crippen molar-refractivity contribution in [2.24, 2.45) is 0 Å². The predicted molar refractivity (Wildman–Crippen MR) is 56.8 cm³/mol. The SMILES string of the molecule is Cc1cc(C(C)C)n2nc(C(F)(F)F)cc2n1. The summed E-state index contributed by atoms with van der Waals surface area (Å²) in [4.78, 5) is 4.05. The Kier molecular flexibility index (Phi) is 2.60. The number of hydrogen-bond acceptors (Lipinski definition) is 2. The second-order valence-corrected chi connectivity index (χ2v) is 4.27. The van der Waals surface area contributed by atoms with Crippen LogP contribution in [-0.4, -0.2) is 14.6 Å². The molecule has 2 aromatic heterocycles. The summed E-state index contributed by atoms with van der Waals surface area (Å²) in [5.41, 5.74) is 0.747. The van der Waals surface area contributed by atoms with Crippen molar-refractivity contribution in [2.75, 3.05) is 0 Å². The highest BCUT2D eigenvalue weighted by atomic mass is 19.4. The van der Waals surface area contributed by atoms with Crippen LogP contribution in [0.5, 0.6) is 0 Å². The summed E-state index contributed by atoms with van der Waals surface area (Å²) >= 11 is 0. The highest BCUT2D eigenvalue weighted by Crippen LogP contribution is 2.29. The van der Waals surface area contributed by atoms with Crippen LogP contribution >= 0.6 is 0 Å². The van der Waals surface area contributed by atoms with Crippen LogP contribution < -0.4 is 0 Å². The van der Waals surface area contributed by atoms with E-state index in [0.717, 1.165) is 11.8 Å². The Balaban J connectivity index is 2.72. The average Bonchev–Trinajstić information content (AvgIpc) is 2.58. The summed E-state index contributed by atoms with van der Waals surface area (Å²) in [6.45, 7) is 5.57. The largest absolute Gasteiger partial charge is 0.435 e. The fourth-order valence-corrected chi connectivity index (χ4v) is 1.68. The Morgan fingerprint density at radius 3 is 2.41 bits per heavy atom. The first-order chi connectivity index (χ1) is 7.79. The third-order valence-electron chi connectivity index (χ3n) is 2.46. The van der Waals surface area contributed by atoms with Gasteiger partial charge >= 0.3 is 6.18 Å². The second-order valence-electron chi connectivity index (χ2n) is 4.27. The minimum absolute atomic E-state index is 0.0835. The van der Waals surface area contributed by atoms with Crippen LogP contribution in [0.4, 0.5) is 13.2 Å². The quantitative estimate of drug-likeness (QED) is 0.770. The molecule has 6 heteroatoms. The van der Waals surface area contributed by atoms with Gasteiger partial charge in [0.2, 0.25) is 0 Å². The highest BCUT2D eigenvalue weighted by Gasteiger charge is 2.34. The summed E-state index contributed by atoms with van der Waals surface area (Å²) < 4.78 is 38.9. The number of fused-ring (bicyclic) bond motifs is 1. The maximum absolute atomic E-state index is 12.6. The zero-order chi connectivity index (χ0) is 12.8. The van der Waals surface area contributed by atoms with Gasteiger partial charge in [-0.2, -0.15) is 18.3 Å². The van der Waals surface area contributed by atoms with E-state index in [4.69, 9.17) is 0 Å². The normalized spacial score (nSPS) is 12.6. The van der Waals surface area contributed by atoms with Gasteiger partial charge in [-0.1, -0.05) is 13.8 Å². The molecule has 0 unspecified atom stereocenters. The molecule has 2 heterocycles. The molecule has 0 amide bonds. The molecular weight excluding hydrogens is 231 g/mol. The lowest BCUT2D eigenvalue weighted by molar-refractivity contribution is -0.141. The molecule has 0 saturated heterocycles. The third-order valence-corrected chi connectivity index (χ3v) is 2.46. The molecule has 0 N–H and O–H groups in total. The van der Waals surface area contributed by atoms with Crippen molar-refractivity contribution in [3.05, 3.63) is 29.2 Å². The summed E-state index contributed by atoms with van der Waals surface area (Å²) in [7, 11) is 0. The van der Waals surface area contributed by atoms with E-state index in [1.165, 1.54) is 4.52 Å². The molecule has 0 aliphatic heterocycles. The standard InChI is InChI=1S/C11H12F3N3/c1-6(2)8-4-7(3)15-10-5-9(11(12,13)14)16-17(8)10/h4-6H,1-3H3. The fraction of sp³-hybridized carbons (Fsp3) is 0.455. The van der Waals surface area contributed by atoms with Gasteiger partial charge in [0.15, 0.2) is 11.3 Å². The van der Waals surface area contributed by atoms with Gasteiger partial charge < -0.3 is 0 Å². The lowest BCUT2D eigenvalue weighted by Crippen LogP contribution is -2.08. The van der Waals surface area contributed by atoms with Gasteiger partial charge in [-0.15, -0.1) is 0 Å². The maximum atomic E-state index is 12.6. The van der Waals surface area contributed by atoms with E-state index >= 15 is 0 Å². The molecule has 17 heavy (non-hydrogen) atoms. The summed E-state index contributed by atoms with van der Waals surface area (Å²) in [6, 6.07) is 2.73. The molecule has 0 radical (unpaired) electrons. The first-order valence-electron chi connectivity index (χ1n) is 5.23. The second kappa shape index (κ2) is 3.72. The van der Waals surface area contributed by atoms with Crippen LogP contribution in [0, 0.1) is 6.92 Å². The average molecular weight is 243 g/mol. The van der Waals surface area contributed by atoms with Crippen molar-refractivity contribution < 1.29 is 13.2 Å². The monoisotopic (exact) mass is 243 g/mol. The molecule has 0 aliphatic rings. The smallest absolute Gasteiger partial charge is 0.234 e. The van der Waals surface area contributed by atoms with Crippen molar-refractivity contribution in [3.8, 4) is 0 Å². The maximum Gasteiger partial charge on any atom is 0.435 e. The van der Waals surface area contributed by atoms with E-state index in [1.54, 1.807) is 13.0 Å². The number of halogens is 3. The Labute approximate surface area is 96.3 Å². The molecule has 2 aromatic rings. The molecule has 0 aliphatic carbocycles. The van der Waals surface area contributed by atoms with E-state index in [9.17, 15) is 13.2 Å². The van der Waals surface area contributed by atoms with Crippen molar-refractivity contribution in [1.82, 2.24) is 14.6 Å². The molecule has 0 atom stereocenters. The van der Waals surface area contributed by atoms with Gasteiger partial charge in [-0.3, -0.25) is 0 Å². The van der Waals surface area contributed by atoms with E-state index < -0.39 is 11.9 Å². The molecule has 0 aromatic carbocycles. The van der Waals surface area contributed by atoms with E-state index in [-0.39, 0.29) is 11.6 Å². The Bertz CT molecular complexity index is 555. The zero-order valence-electron chi connectivity index (χ0n) is 9.71. The fourth-order valence-electron chi connectivity index (χ4n) is 1.68. The van der Waals surface area contributed by atoms with E-state index in [0.29, 0.717) is 5.69 Å². The van der Waals surface area contributed by atoms with E-state index in [1.807, 2.05) is 13.8 Å². The summed E-state index contributed by atoms with van der Waals surface area (Å²) in [5.74, 6) is 0.0835. The van der Waals surface area contributed by atoms with Crippen LogP contribution in [-0.2, 0) is 6.18 Å². The van der Waals surface area contributed by atoms with Gasteiger partial charge in [-0.05, 0) is 18.9 Å². The van der Waals surface area contributed by atoms with Gasteiger partial charge in [0.25, 0.3) is 0 Å². The lowest BCUT2D eigenvalue weighted by Gasteiger charge is -2.08. The summed E-state index contributed by atoms with van der Waals surface area (Å²) in [6.07, 6.45) is -4.43. The van der Waals surface area contributed by atoms with Crippen LogP contribution in [0.3, 0.4) is 0 Å². The lowest BCUT2D eigenvalue weighted by atomic mass is 10.1. The van der Waals surface area contributed by atoms with Gasteiger partial charge in [0, 0.05) is 17.5 Å². The minimum atomic E-state index is -4.43. The Morgan fingerprint density at radius 1 is 1.24 bits per heavy atom. The number of aryl methyl sites for hydroxylation is 1. The number of aromatic nitrogens is 3. The van der Waals surface area contributed by atoms with Crippen LogP contribution in [0.25, 0.3) is 5.65 Å². The first-order valence-corrected chi connectivity index (χ1v) is 5.23. The van der Waals surface area contributed by atoms with E-state index in [2.05, 4.69) is 10.1 Å². The van der Waals surface area contributed by atoms with Crippen LogP contribution in [0.15, 0.2) is 12.1 Å². The highest BCUT2D eigenvalue weighted by molar-refractivity contribution is 5.42. The van der Waals surface area contributed by atoms with Crippen LogP contribution in [0.1, 0.15) is 36.8 Å². The molecular formula is C11H12F3N3.